The quantitative estimate of drug-likeness (QED) is 0.722. The van der Waals surface area contributed by atoms with Crippen LogP contribution in [0.5, 0.6) is 0 Å². The highest BCUT2D eigenvalue weighted by atomic mass is 16.2. The van der Waals surface area contributed by atoms with Crippen LogP contribution < -0.4 is 0 Å². The van der Waals surface area contributed by atoms with E-state index in [0.29, 0.717) is 6.42 Å². The fourth-order valence-electron chi connectivity index (χ4n) is 5.10. The molecule has 2 aliphatic heterocycles. The Bertz CT molecular complexity index is 1150. The Morgan fingerprint density at radius 1 is 1.10 bits per heavy atom. The smallest absolute Gasteiger partial charge is 0.246 e. The molecule has 2 aromatic carbocycles. The lowest BCUT2D eigenvalue weighted by atomic mass is 9.84. The second kappa shape index (κ2) is 7.01. The second-order valence-corrected chi connectivity index (χ2v) is 8.57. The summed E-state index contributed by atoms with van der Waals surface area (Å²) in [5.41, 5.74) is 5.46. The molecule has 5 heteroatoms. The highest BCUT2D eigenvalue weighted by Crippen LogP contribution is 2.43. The number of carbonyl (C=O) groups excluding carboxylic acids is 2. The Balaban J connectivity index is 1.72. The summed E-state index contributed by atoms with van der Waals surface area (Å²) >= 11 is 0. The summed E-state index contributed by atoms with van der Waals surface area (Å²) in [6.45, 7) is 6.31. The minimum atomic E-state index is -0.462. The molecule has 2 amide bonds. The molecule has 3 aromatic rings. The first-order valence-electron chi connectivity index (χ1n) is 10.8. The minimum Gasteiger partial charge on any atom is -0.356 e. The molecule has 3 atom stereocenters. The summed E-state index contributed by atoms with van der Waals surface area (Å²) in [5, 5.41) is 1.15. The van der Waals surface area contributed by atoms with E-state index in [1.807, 2.05) is 36.1 Å². The predicted molar refractivity (Wildman–Crippen MR) is 117 cm³/mol. The molecule has 2 aliphatic rings. The van der Waals surface area contributed by atoms with Gasteiger partial charge in [-0.05, 0) is 43.0 Å². The molecule has 30 heavy (non-hydrogen) atoms. The van der Waals surface area contributed by atoms with Crippen LogP contribution in [0.15, 0.2) is 48.5 Å². The standard InChI is InChI=1S/C25H27N3O2/c1-4-16(3)27-14-22(29)28-21(25(27)30)13-19-18-11-7-8-12-20(18)26-23(19)24(28)17-10-6-5-9-15(17)2/h5-12,16,21,24,26H,4,13-14H2,1-3H3. The van der Waals surface area contributed by atoms with Gasteiger partial charge in [0.15, 0.2) is 0 Å². The van der Waals surface area contributed by atoms with Crippen LogP contribution in [-0.2, 0) is 16.0 Å². The van der Waals surface area contributed by atoms with E-state index >= 15 is 0 Å². The van der Waals surface area contributed by atoms with Gasteiger partial charge in [0.05, 0.1) is 6.04 Å². The lowest BCUT2D eigenvalue weighted by Gasteiger charge is -2.48. The average Bonchev–Trinajstić information content (AvgIpc) is 3.13. The first-order chi connectivity index (χ1) is 14.5. The maximum Gasteiger partial charge on any atom is 0.246 e. The molecule has 0 saturated carbocycles. The zero-order valence-corrected chi connectivity index (χ0v) is 17.7. The minimum absolute atomic E-state index is 0.0254. The number of nitrogens with zero attached hydrogens (tertiary/aromatic N) is 2. The second-order valence-electron chi connectivity index (χ2n) is 8.57. The van der Waals surface area contributed by atoms with Crippen molar-refractivity contribution >= 4 is 22.7 Å². The topological polar surface area (TPSA) is 56.4 Å². The molecular formula is C25H27N3O2. The molecule has 5 rings (SSSR count). The predicted octanol–water partition coefficient (Wildman–Crippen LogP) is 3.96. The molecule has 1 aromatic heterocycles. The molecule has 5 nitrogen and oxygen atoms in total. The Morgan fingerprint density at radius 3 is 2.60 bits per heavy atom. The Morgan fingerprint density at radius 2 is 1.83 bits per heavy atom. The van der Waals surface area contributed by atoms with Gasteiger partial charge in [-0.1, -0.05) is 49.4 Å². The van der Waals surface area contributed by atoms with Gasteiger partial charge in [-0.3, -0.25) is 9.59 Å². The van der Waals surface area contributed by atoms with Crippen molar-refractivity contribution in [1.82, 2.24) is 14.8 Å². The fourth-order valence-corrected chi connectivity index (χ4v) is 5.10. The number of H-pyrrole nitrogens is 1. The highest BCUT2D eigenvalue weighted by molar-refractivity contribution is 5.97. The molecule has 1 N–H and O–H groups in total. The summed E-state index contributed by atoms with van der Waals surface area (Å²) in [7, 11) is 0. The van der Waals surface area contributed by atoms with Crippen LogP contribution in [0.4, 0.5) is 0 Å². The lowest BCUT2D eigenvalue weighted by molar-refractivity contribution is -0.160. The summed E-state index contributed by atoms with van der Waals surface area (Å²) in [4.78, 5) is 34.2. The zero-order valence-electron chi connectivity index (χ0n) is 17.7. The fraction of sp³-hybridized carbons (Fsp3) is 0.360. The number of nitrogens with one attached hydrogen (secondary N) is 1. The van der Waals surface area contributed by atoms with E-state index in [1.54, 1.807) is 4.90 Å². The third-order valence-electron chi connectivity index (χ3n) is 6.90. The van der Waals surface area contributed by atoms with E-state index in [4.69, 9.17) is 0 Å². The number of carbonyl (C=O) groups is 2. The Hall–Kier alpha value is -3.08. The van der Waals surface area contributed by atoms with E-state index in [0.717, 1.165) is 39.7 Å². The molecule has 0 radical (unpaired) electrons. The van der Waals surface area contributed by atoms with Crippen LogP contribution in [0, 0.1) is 6.92 Å². The van der Waals surface area contributed by atoms with Crippen LogP contribution >= 0.6 is 0 Å². The van der Waals surface area contributed by atoms with Crippen molar-refractivity contribution in [3.63, 3.8) is 0 Å². The molecule has 3 unspecified atom stereocenters. The average molecular weight is 402 g/mol. The number of benzene rings is 2. The molecule has 0 spiro atoms. The molecule has 0 aliphatic carbocycles. The van der Waals surface area contributed by atoms with Crippen LogP contribution in [0.2, 0.25) is 0 Å². The molecule has 1 saturated heterocycles. The Kier molecular flexibility index (Phi) is 4.42. The van der Waals surface area contributed by atoms with Crippen LogP contribution in [0.1, 0.15) is 48.7 Å². The van der Waals surface area contributed by atoms with Crippen molar-refractivity contribution in [2.75, 3.05) is 6.54 Å². The van der Waals surface area contributed by atoms with Crippen molar-refractivity contribution in [2.45, 2.75) is 51.7 Å². The number of amides is 2. The van der Waals surface area contributed by atoms with Gasteiger partial charge < -0.3 is 14.8 Å². The number of aryl methyl sites for hydroxylation is 1. The number of para-hydroxylation sites is 1. The number of hydrogen-bond acceptors (Lipinski definition) is 2. The van der Waals surface area contributed by atoms with Gasteiger partial charge in [-0.2, -0.15) is 0 Å². The van der Waals surface area contributed by atoms with Gasteiger partial charge in [0, 0.05) is 29.1 Å². The first kappa shape index (κ1) is 18.9. The number of piperazine rings is 1. The van der Waals surface area contributed by atoms with E-state index in [9.17, 15) is 9.59 Å². The number of aromatic nitrogens is 1. The van der Waals surface area contributed by atoms with Crippen LogP contribution in [0.3, 0.4) is 0 Å². The van der Waals surface area contributed by atoms with Crippen molar-refractivity contribution in [3.8, 4) is 0 Å². The van der Waals surface area contributed by atoms with Gasteiger partial charge in [-0.25, -0.2) is 0 Å². The number of fused-ring (bicyclic) bond motifs is 4. The van der Waals surface area contributed by atoms with Crippen LogP contribution in [0.25, 0.3) is 10.9 Å². The maximum absolute atomic E-state index is 13.6. The third-order valence-corrected chi connectivity index (χ3v) is 6.90. The Labute approximate surface area is 176 Å². The first-order valence-corrected chi connectivity index (χ1v) is 10.8. The van der Waals surface area contributed by atoms with Crippen molar-refractivity contribution in [1.29, 1.82) is 0 Å². The van der Waals surface area contributed by atoms with Gasteiger partial charge in [0.1, 0.15) is 12.6 Å². The summed E-state index contributed by atoms with van der Waals surface area (Å²) in [6.07, 6.45) is 1.39. The number of hydrogen-bond donors (Lipinski definition) is 1. The highest BCUT2D eigenvalue weighted by Gasteiger charge is 2.49. The third kappa shape index (κ3) is 2.68. The maximum atomic E-state index is 13.6. The van der Waals surface area contributed by atoms with Crippen molar-refractivity contribution in [3.05, 3.63) is 70.9 Å². The monoisotopic (exact) mass is 401 g/mol. The zero-order chi connectivity index (χ0) is 21.0. The lowest BCUT2D eigenvalue weighted by Crippen LogP contribution is -2.64. The van der Waals surface area contributed by atoms with E-state index < -0.39 is 6.04 Å². The van der Waals surface area contributed by atoms with Gasteiger partial charge in [0.25, 0.3) is 0 Å². The molecule has 3 heterocycles. The summed E-state index contributed by atoms with van der Waals surface area (Å²) < 4.78 is 0. The number of aromatic amines is 1. The van der Waals surface area contributed by atoms with E-state index in [1.165, 1.54) is 0 Å². The van der Waals surface area contributed by atoms with Gasteiger partial charge in [-0.15, -0.1) is 0 Å². The van der Waals surface area contributed by atoms with Crippen LogP contribution in [-0.4, -0.2) is 45.2 Å². The summed E-state index contributed by atoms with van der Waals surface area (Å²) in [6, 6.07) is 15.7. The largest absolute Gasteiger partial charge is 0.356 e. The van der Waals surface area contributed by atoms with Gasteiger partial charge in [0.2, 0.25) is 11.8 Å². The van der Waals surface area contributed by atoms with Crippen molar-refractivity contribution in [2.24, 2.45) is 0 Å². The normalized spacial score (nSPS) is 22.2. The number of rotatable bonds is 3. The molecular weight excluding hydrogens is 374 g/mol. The molecule has 0 bridgehead atoms. The molecule has 1 fully saturated rings. The van der Waals surface area contributed by atoms with E-state index in [2.05, 4.69) is 43.1 Å². The van der Waals surface area contributed by atoms with E-state index in [-0.39, 0.29) is 30.4 Å². The summed E-state index contributed by atoms with van der Waals surface area (Å²) in [5.74, 6) is 0.0934. The SMILES string of the molecule is CCC(C)N1CC(=O)N2C(Cc3c([nH]c4ccccc34)C2c2ccccc2C)C1=O. The van der Waals surface area contributed by atoms with Crippen molar-refractivity contribution < 1.29 is 9.59 Å². The van der Waals surface area contributed by atoms with Gasteiger partial charge >= 0.3 is 0 Å². The molecule has 154 valence electrons.